The first-order valence-electron chi connectivity index (χ1n) is 0.698. The number of hydrogen-bond donors (Lipinski definition) is 2. The molecule has 2 N–H and O–H groups in total. The summed E-state index contributed by atoms with van der Waals surface area (Å²) in [5.74, 6) is 0. The topological polar surface area (TPSA) is 74.6 Å². The van der Waals surface area contributed by atoms with Gasteiger partial charge in [0.05, 0.1) is 0 Å². The first-order chi connectivity index (χ1) is 2.00. The molecule has 8 heteroatoms. The predicted molar refractivity (Wildman–Crippen MR) is 35.2 cm³/mol. The van der Waals surface area contributed by atoms with Gasteiger partial charge in [0.1, 0.15) is 0 Å². The zero-order chi connectivity index (χ0) is 4.50. The fraction of sp³-hybridized carbons (Fsp3) is 0. The van der Waals surface area contributed by atoms with Crippen LogP contribution in [0.4, 0.5) is 0 Å². The van der Waals surface area contributed by atoms with Gasteiger partial charge in [0, 0.05) is 17.1 Å². The van der Waals surface area contributed by atoms with Crippen molar-refractivity contribution in [3.05, 3.63) is 0 Å². The van der Waals surface area contributed by atoms with Crippen LogP contribution in [0.25, 0.3) is 0 Å². The Balaban J connectivity index is -0.0000000267. The molecule has 1 atom stereocenters. The third-order valence-corrected chi connectivity index (χ3v) is 0. The molecule has 0 aromatic carbocycles. The fourth-order valence-corrected chi connectivity index (χ4v) is 0. The SMILES string of the molecule is O=S(=O)(O)O.P.[AlH3].[Fe]. The van der Waals surface area contributed by atoms with Crippen molar-refractivity contribution in [2.75, 3.05) is 0 Å². The van der Waals surface area contributed by atoms with Crippen molar-refractivity contribution in [3.63, 3.8) is 0 Å². The molecule has 0 rings (SSSR count). The van der Waals surface area contributed by atoms with Crippen LogP contribution in [0.1, 0.15) is 0 Å². The molecule has 54 valence electrons. The first kappa shape index (κ1) is 22.8. The average molecular weight is 218 g/mol. The molecular weight excluding hydrogens is 210 g/mol. The molecule has 0 aliphatic carbocycles. The zero-order valence-electron chi connectivity index (χ0n) is 3.18. The van der Waals surface area contributed by atoms with Crippen LogP contribution >= 0.6 is 9.90 Å². The molecule has 0 aliphatic rings. The van der Waals surface area contributed by atoms with Crippen LogP contribution < -0.4 is 0 Å². The minimum atomic E-state index is -4.67. The molecule has 0 aliphatic heterocycles. The summed E-state index contributed by atoms with van der Waals surface area (Å²) in [6, 6.07) is 0. The van der Waals surface area contributed by atoms with Gasteiger partial charge < -0.3 is 0 Å². The van der Waals surface area contributed by atoms with E-state index in [9.17, 15) is 0 Å². The molecule has 0 fully saturated rings. The van der Waals surface area contributed by atoms with E-state index in [0.29, 0.717) is 0 Å². The van der Waals surface area contributed by atoms with Crippen molar-refractivity contribution < 1.29 is 34.6 Å². The van der Waals surface area contributed by atoms with Crippen LogP contribution in [-0.4, -0.2) is 34.9 Å². The Bertz CT molecular complexity index is 99.2. The van der Waals surface area contributed by atoms with Crippen LogP contribution in [0.15, 0.2) is 0 Å². The molecule has 0 aromatic heterocycles. The van der Waals surface area contributed by atoms with Gasteiger partial charge in [0.2, 0.25) is 0 Å². The Morgan fingerprint density at radius 1 is 1.12 bits per heavy atom. The molecule has 0 spiro atoms. The van der Waals surface area contributed by atoms with Gasteiger partial charge in [-0.2, -0.15) is 18.3 Å². The van der Waals surface area contributed by atoms with Crippen molar-refractivity contribution >= 4 is 37.7 Å². The van der Waals surface area contributed by atoms with Crippen molar-refractivity contribution in [2.24, 2.45) is 0 Å². The molecule has 0 saturated heterocycles. The average Bonchev–Trinajstić information content (AvgIpc) is 0.722. The van der Waals surface area contributed by atoms with Crippen LogP contribution in [-0.2, 0) is 27.5 Å². The van der Waals surface area contributed by atoms with Crippen molar-refractivity contribution in [1.29, 1.82) is 0 Å². The van der Waals surface area contributed by atoms with E-state index in [1.807, 2.05) is 0 Å². The summed E-state index contributed by atoms with van der Waals surface area (Å²) in [7, 11) is -4.67. The second-order valence-electron chi connectivity index (χ2n) is 0.448. The van der Waals surface area contributed by atoms with E-state index in [4.69, 9.17) is 17.5 Å². The quantitative estimate of drug-likeness (QED) is 0.286. The van der Waals surface area contributed by atoms with Crippen LogP contribution in [0, 0.1) is 0 Å². The van der Waals surface area contributed by atoms with Crippen molar-refractivity contribution in [2.45, 2.75) is 0 Å². The van der Waals surface area contributed by atoms with Gasteiger partial charge in [0.25, 0.3) is 0 Å². The van der Waals surface area contributed by atoms with Gasteiger partial charge in [-0.1, -0.05) is 0 Å². The minimum absolute atomic E-state index is 0. The van der Waals surface area contributed by atoms with E-state index in [0.717, 1.165) is 0 Å². The summed E-state index contributed by atoms with van der Waals surface area (Å²) in [5, 5.41) is 0. The van der Waals surface area contributed by atoms with E-state index >= 15 is 0 Å². The summed E-state index contributed by atoms with van der Waals surface area (Å²) in [5.41, 5.74) is 0. The summed E-state index contributed by atoms with van der Waals surface area (Å²) in [6.07, 6.45) is 0. The first-order valence-corrected chi connectivity index (χ1v) is 2.10. The van der Waals surface area contributed by atoms with Gasteiger partial charge in [0.15, 0.2) is 17.4 Å². The van der Waals surface area contributed by atoms with Crippen molar-refractivity contribution in [3.8, 4) is 0 Å². The Hall–Kier alpha value is 1.35. The summed E-state index contributed by atoms with van der Waals surface area (Å²) < 4.78 is 31.6. The smallest absolute Gasteiger partial charge is 0.264 e. The normalized spacial score (nSPS) is 7.25. The minimum Gasteiger partial charge on any atom is -0.264 e. The maximum Gasteiger partial charge on any atom is 0.394 e. The third-order valence-electron chi connectivity index (χ3n) is 0. The summed E-state index contributed by atoms with van der Waals surface area (Å²) in [6.45, 7) is 0. The number of hydrogen-bond acceptors (Lipinski definition) is 2. The molecule has 0 saturated carbocycles. The van der Waals surface area contributed by atoms with Gasteiger partial charge in [-0.15, -0.1) is 0 Å². The van der Waals surface area contributed by atoms with Gasteiger partial charge in [-0.25, -0.2) is 0 Å². The Morgan fingerprint density at radius 3 is 1.12 bits per heavy atom. The number of rotatable bonds is 0. The second kappa shape index (κ2) is 8.35. The van der Waals surface area contributed by atoms with E-state index < -0.39 is 10.4 Å². The standard InChI is InChI=1S/Al.Fe.H2O4S.H3P.3H/c;;1-5(2,3)4;;;;/h;;(H2,1,2,3,4);1H3;;;. The molecule has 4 nitrogen and oxygen atoms in total. The molecule has 8 heavy (non-hydrogen) atoms. The Kier molecular flexibility index (Phi) is 23.8. The van der Waals surface area contributed by atoms with E-state index in [2.05, 4.69) is 0 Å². The molecule has 0 amide bonds. The maximum atomic E-state index is 8.74. The van der Waals surface area contributed by atoms with Crippen molar-refractivity contribution in [1.82, 2.24) is 0 Å². The van der Waals surface area contributed by atoms with Gasteiger partial charge in [-0.3, -0.25) is 9.11 Å². The molecule has 0 bridgehead atoms. The summed E-state index contributed by atoms with van der Waals surface area (Å²) in [4.78, 5) is 0. The second-order valence-corrected chi connectivity index (χ2v) is 1.34. The Labute approximate surface area is 72.2 Å². The third kappa shape index (κ3) is 162. The molecule has 0 radical (unpaired) electrons. The van der Waals surface area contributed by atoms with Crippen LogP contribution in [0.2, 0.25) is 0 Å². The van der Waals surface area contributed by atoms with E-state index in [1.165, 1.54) is 0 Å². The molecular formula is H8AlFeO4PS. The van der Waals surface area contributed by atoms with E-state index in [-0.39, 0.29) is 44.3 Å². The maximum absolute atomic E-state index is 8.74. The van der Waals surface area contributed by atoms with Gasteiger partial charge in [-0.05, 0) is 0 Å². The monoisotopic (exact) mass is 218 g/mol. The van der Waals surface area contributed by atoms with Crippen LogP contribution in [0.3, 0.4) is 0 Å². The summed E-state index contributed by atoms with van der Waals surface area (Å²) >= 11 is 0. The largest absolute Gasteiger partial charge is 0.394 e. The Morgan fingerprint density at radius 2 is 1.12 bits per heavy atom. The van der Waals surface area contributed by atoms with Crippen LogP contribution in [0.5, 0.6) is 0 Å². The molecule has 1 unspecified atom stereocenters. The predicted octanol–water partition coefficient (Wildman–Crippen LogP) is -1.78. The molecule has 0 aromatic rings. The van der Waals surface area contributed by atoms with Gasteiger partial charge >= 0.3 is 10.4 Å². The zero-order valence-corrected chi connectivity index (χ0v) is 6.51. The molecule has 0 heterocycles. The fourth-order valence-electron chi connectivity index (χ4n) is 0. The van der Waals surface area contributed by atoms with E-state index in [1.54, 1.807) is 0 Å².